The SMILES string of the molecule is Cc1ccc2cc(-c3nnc(N=Nc4c(C(C)(C)C)nn(-c5nc([O-])nc(-n6nc(C(C)(C)C)c(N=Nc7nnc(-c8ccc9cc(N(CC(=O)[O-])CC(=O)[O-])ccc9c8)s7)c6N)n5)c4N)s3)ccc2c1.[K+].[K+].[K+]. The first-order valence-electron chi connectivity index (χ1n) is 21.6. The Balaban J connectivity index is 0.00000297. The van der Waals surface area contributed by atoms with E-state index in [-0.39, 0.29) is 199 Å². The van der Waals surface area contributed by atoms with Crippen LogP contribution in [0.1, 0.15) is 58.5 Å². The number of hydrogen-bond acceptors (Lipinski definition) is 23. The number of carbonyl (C=O) groups is 2. The quantitative estimate of drug-likeness (QED) is 0.0852. The fraction of sp³-hybridized carbons (Fsp3) is 0.239. The molecule has 0 unspecified atom stereocenters. The molecular weight excluding hydrogens is 1070 g/mol. The van der Waals surface area contributed by atoms with Crippen LogP contribution >= 0.6 is 22.7 Å². The van der Waals surface area contributed by atoms with Crippen LogP contribution in [0.15, 0.2) is 93.3 Å². The molecule has 28 heteroatoms. The second-order valence-corrected chi connectivity index (χ2v) is 20.2. The van der Waals surface area contributed by atoms with Crippen molar-refractivity contribution in [1.82, 2.24) is 54.9 Å². The minimum absolute atomic E-state index is 0. The van der Waals surface area contributed by atoms with Crippen molar-refractivity contribution in [2.45, 2.75) is 59.3 Å². The molecule has 0 saturated heterocycles. The van der Waals surface area contributed by atoms with Gasteiger partial charge in [-0.05, 0) is 52.7 Å². The Kier molecular flexibility index (Phi) is 19.5. The molecule has 4 N–H and O–H groups in total. The van der Waals surface area contributed by atoms with Gasteiger partial charge in [0, 0.05) is 27.6 Å². The van der Waals surface area contributed by atoms with E-state index in [4.69, 9.17) is 21.7 Å². The Labute approximate surface area is 558 Å². The number of rotatable bonds is 13. The first-order valence-corrected chi connectivity index (χ1v) is 23.2. The van der Waals surface area contributed by atoms with Crippen molar-refractivity contribution in [1.29, 1.82) is 0 Å². The number of nitrogens with zero attached hydrogens (tertiary/aromatic N) is 16. The monoisotopic (exact) mass is 1110 g/mol. The number of azo groups is 2. The number of fused-ring (bicyclic) bond motifs is 2. The number of hydrogen-bond donors (Lipinski definition) is 2. The zero-order valence-corrected chi connectivity index (χ0v) is 53.0. The van der Waals surface area contributed by atoms with E-state index in [1.54, 1.807) is 30.3 Å². The van der Waals surface area contributed by atoms with Crippen LogP contribution in [-0.2, 0) is 20.4 Å². The largest absolute Gasteiger partial charge is 1.00 e. The number of nitrogens with two attached hydrogens (primary N) is 2. The summed E-state index contributed by atoms with van der Waals surface area (Å²) in [6, 6.07) is 21.8. The van der Waals surface area contributed by atoms with Gasteiger partial charge in [-0.25, -0.2) is 9.97 Å². The summed E-state index contributed by atoms with van der Waals surface area (Å²) < 4.78 is 2.35. The number of aliphatic carboxylic acids is 2. The van der Waals surface area contributed by atoms with Gasteiger partial charge in [0.15, 0.2) is 23.0 Å². The van der Waals surface area contributed by atoms with E-state index in [0.717, 1.165) is 43.3 Å². The summed E-state index contributed by atoms with van der Waals surface area (Å²) in [5, 5.41) is 85.3. The van der Waals surface area contributed by atoms with Gasteiger partial charge in [-0.15, -0.1) is 40.9 Å². The molecule has 9 aromatic rings. The molecule has 0 radical (unpaired) electrons. The van der Waals surface area contributed by atoms with Crippen molar-refractivity contribution in [3.63, 3.8) is 0 Å². The van der Waals surface area contributed by atoms with Crippen LogP contribution in [0.3, 0.4) is 0 Å². The van der Waals surface area contributed by atoms with Crippen LogP contribution in [0, 0.1) is 6.92 Å². The standard InChI is InChI=1S/C46H44N18O5S2.3K/c1-22-8-9-24-17-27(12-10-23(24)16-22)38-54-58-43(70-38)56-52-32-34(45(2,3)4)60-63(36(32)47)40-49-41(51-42(69)50-40)64-37(48)33(35(61-64)46(5,6)7)53-57-44-59-55-39(71-44)28-13-11-26-19-29(15-14-25(26)18-28)62(20-30(65)66)21-31(67)68;;;/h8-19H,20-21,47-48H2,1-7H3,(H,65,66)(H,67,68)(H,49,50,51,69);;;/q;3*+1/p-3. The summed E-state index contributed by atoms with van der Waals surface area (Å²) in [4.78, 5) is 36.3. The van der Waals surface area contributed by atoms with Crippen LogP contribution in [-0.4, -0.2) is 79.9 Å². The van der Waals surface area contributed by atoms with Crippen molar-refractivity contribution in [3.8, 4) is 39.0 Å². The van der Waals surface area contributed by atoms with Gasteiger partial charge in [-0.2, -0.15) is 24.5 Å². The van der Waals surface area contributed by atoms with Gasteiger partial charge in [0.25, 0.3) is 22.2 Å². The smallest absolute Gasteiger partial charge is 0.844 e. The zero-order valence-electron chi connectivity index (χ0n) is 42.0. The Morgan fingerprint density at radius 3 is 1.46 bits per heavy atom. The minimum Gasteiger partial charge on any atom is -0.844 e. The first kappa shape index (κ1) is 59.4. The number of carbonyl (C=O) groups excluding carboxylic acids is 2. The third-order valence-corrected chi connectivity index (χ3v) is 12.5. The summed E-state index contributed by atoms with van der Waals surface area (Å²) in [7, 11) is 0. The maximum absolute atomic E-state index is 13.2. The molecule has 5 aromatic heterocycles. The number of benzene rings is 4. The molecule has 4 aromatic carbocycles. The molecule has 360 valence electrons. The third-order valence-electron chi connectivity index (χ3n) is 10.8. The number of carboxylic acids is 2. The summed E-state index contributed by atoms with van der Waals surface area (Å²) in [5.41, 5.74) is 16.5. The Morgan fingerprint density at radius 2 is 1.01 bits per heavy atom. The van der Waals surface area contributed by atoms with Gasteiger partial charge in [0.2, 0.25) is 0 Å². The molecule has 0 atom stereocenters. The molecule has 5 heterocycles. The molecule has 0 aliphatic rings. The van der Waals surface area contributed by atoms with Crippen molar-refractivity contribution >= 4 is 95.1 Å². The number of nitrogen functional groups attached to an aromatic ring is 2. The van der Waals surface area contributed by atoms with E-state index < -0.39 is 41.9 Å². The average Bonchev–Trinajstić information content (AvgIpc) is 4.12. The average molecular weight is 1110 g/mol. The Bertz CT molecular complexity index is 3620. The molecule has 0 saturated carbocycles. The van der Waals surface area contributed by atoms with E-state index in [0.29, 0.717) is 32.7 Å². The summed E-state index contributed by atoms with van der Waals surface area (Å²) >= 11 is 2.41. The number of aromatic nitrogens is 11. The van der Waals surface area contributed by atoms with E-state index in [2.05, 4.69) is 80.9 Å². The number of carboxylic acid groups (broad SMARTS) is 2. The van der Waals surface area contributed by atoms with Crippen molar-refractivity contribution in [2.24, 2.45) is 20.5 Å². The number of anilines is 3. The van der Waals surface area contributed by atoms with Gasteiger partial charge in [-0.1, -0.05) is 118 Å². The third kappa shape index (κ3) is 13.3. The van der Waals surface area contributed by atoms with Crippen LogP contribution < -0.4 is 186 Å². The number of aryl methyl sites for hydroxylation is 1. The van der Waals surface area contributed by atoms with Gasteiger partial charge >= 0.3 is 154 Å². The van der Waals surface area contributed by atoms with Crippen LogP contribution in [0.2, 0.25) is 0 Å². The Morgan fingerprint density at radius 1 is 0.595 bits per heavy atom. The topological polar surface area (TPSA) is 334 Å². The predicted molar refractivity (Wildman–Crippen MR) is 261 cm³/mol. The van der Waals surface area contributed by atoms with E-state index in [1.165, 1.54) is 26.3 Å². The van der Waals surface area contributed by atoms with Crippen molar-refractivity contribution in [3.05, 3.63) is 89.7 Å². The van der Waals surface area contributed by atoms with Gasteiger partial charge in [0.1, 0.15) is 10.0 Å². The maximum Gasteiger partial charge on any atom is 1.00 e. The normalized spacial score (nSPS) is 11.8. The molecule has 23 nitrogen and oxygen atoms in total. The second kappa shape index (κ2) is 24.3. The van der Waals surface area contributed by atoms with Gasteiger partial charge in [0.05, 0.1) is 42.4 Å². The second-order valence-electron chi connectivity index (χ2n) is 18.3. The van der Waals surface area contributed by atoms with E-state index in [9.17, 15) is 24.9 Å². The molecular formula is C46H41K3N18O5S2. The van der Waals surface area contributed by atoms with Crippen molar-refractivity contribution in [2.75, 3.05) is 29.5 Å². The van der Waals surface area contributed by atoms with Crippen LogP contribution in [0.5, 0.6) is 6.01 Å². The molecule has 0 amide bonds. The molecule has 0 bridgehead atoms. The van der Waals surface area contributed by atoms with Crippen molar-refractivity contribution < 1.29 is 179 Å². The molecule has 0 spiro atoms. The van der Waals surface area contributed by atoms with Gasteiger partial charge < -0.3 is 41.3 Å². The fourth-order valence-corrected chi connectivity index (χ4v) is 8.75. The van der Waals surface area contributed by atoms with Gasteiger partial charge in [-0.3, -0.25) is 0 Å². The first-order chi connectivity index (χ1) is 33.7. The summed E-state index contributed by atoms with van der Waals surface area (Å²) in [5.74, 6) is -3.37. The van der Waals surface area contributed by atoms with Crippen LogP contribution in [0.25, 0.3) is 54.6 Å². The summed E-state index contributed by atoms with van der Waals surface area (Å²) in [6.45, 7) is 12.3. The molecule has 0 aliphatic heterocycles. The molecule has 9 rings (SSSR count). The molecule has 0 fully saturated rings. The zero-order chi connectivity index (χ0) is 50.5. The fourth-order valence-electron chi connectivity index (χ4n) is 7.43. The molecule has 0 aliphatic carbocycles. The predicted octanol–water partition coefficient (Wildman–Crippen LogP) is -3.12. The minimum atomic E-state index is -1.43. The molecule has 74 heavy (non-hydrogen) atoms. The summed E-state index contributed by atoms with van der Waals surface area (Å²) in [6.07, 6.45) is 0. The van der Waals surface area contributed by atoms with E-state index in [1.807, 2.05) is 65.8 Å². The van der Waals surface area contributed by atoms with Crippen LogP contribution in [0.4, 0.5) is 39.0 Å². The maximum atomic E-state index is 13.2. The van der Waals surface area contributed by atoms with E-state index >= 15 is 0 Å². The Hall–Kier alpha value is -3.80.